The minimum atomic E-state index is -0.410. The van der Waals surface area contributed by atoms with E-state index in [1.54, 1.807) is 0 Å². The van der Waals surface area contributed by atoms with Crippen LogP contribution in [0.25, 0.3) is 0 Å². The molecule has 0 spiro atoms. The Morgan fingerprint density at radius 3 is 1.57 bits per heavy atom. The van der Waals surface area contributed by atoms with Gasteiger partial charge >= 0.3 is 0 Å². The van der Waals surface area contributed by atoms with Crippen molar-refractivity contribution in [3.63, 3.8) is 0 Å². The maximum atomic E-state index is 12.5. The van der Waals surface area contributed by atoms with Gasteiger partial charge in [0.25, 0.3) is 0 Å². The molecule has 2 heterocycles. The molecule has 0 unspecified atom stereocenters. The van der Waals surface area contributed by atoms with Crippen LogP contribution in [0, 0.1) is 0 Å². The van der Waals surface area contributed by atoms with Crippen molar-refractivity contribution in [2.45, 2.75) is 115 Å². The van der Waals surface area contributed by atoms with E-state index >= 15 is 0 Å². The van der Waals surface area contributed by atoms with Gasteiger partial charge in [0.15, 0.2) is 0 Å². The molecule has 0 aromatic carbocycles. The van der Waals surface area contributed by atoms with Gasteiger partial charge in [0, 0.05) is 28.2 Å². The molecule has 5 heteroatoms. The Hall–Kier alpha value is -0.200. The lowest BCUT2D eigenvalue weighted by molar-refractivity contribution is -0.351. The highest BCUT2D eigenvalue weighted by Gasteiger charge is 2.51. The Bertz CT molecular complexity index is 410. The van der Waals surface area contributed by atoms with Crippen LogP contribution in [-0.4, -0.2) is 44.4 Å². The van der Waals surface area contributed by atoms with Gasteiger partial charge in [-0.2, -0.15) is 5.06 Å². The van der Waals surface area contributed by atoms with Crippen molar-refractivity contribution >= 4 is 0 Å². The third kappa shape index (κ3) is 3.74. The summed E-state index contributed by atoms with van der Waals surface area (Å²) in [5, 5.41) is 16.0. The summed E-state index contributed by atoms with van der Waals surface area (Å²) >= 11 is 0. The third-order valence-corrected chi connectivity index (χ3v) is 5.43. The minimum absolute atomic E-state index is 0.0538. The zero-order valence-electron chi connectivity index (χ0n) is 16.3. The Morgan fingerprint density at radius 1 is 0.783 bits per heavy atom. The SMILES string of the molecule is CC1(C)CC(ON2C(C)(C)CC(N)CC2(C)C)CC(C)(C)N1[O]. The van der Waals surface area contributed by atoms with Crippen molar-refractivity contribution in [3.8, 4) is 0 Å². The van der Waals surface area contributed by atoms with Crippen molar-refractivity contribution in [2.75, 3.05) is 0 Å². The maximum Gasteiger partial charge on any atom is 0.0830 e. The van der Waals surface area contributed by atoms with E-state index in [1.807, 2.05) is 27.7 Å². The predicted molar refractivity (Wildman–Crippen MR) is 92.0 cm³/mol. The fourth-order valence-corrected chi connectivity index (χ4v) is 5.02. The number of rotatable bonds is 2. The molecule has 0 aromatic rings. The molecular formula is C18H36N3O2. The van der Waals surface area contributed by atoms with Crippen LogP contribution in [0.4, 0.5) is 0 Å². The van der Waals surface area contributed by atoms with Crippen LogP contribution < -0.4 is 5.73 Å². The van der Waals surface area contributed by atoms with Crippen molar-refractivity contribution in [1.82, 2.24) is 10.1 Å². The lowest BCUT2D eigenvalue weighted by Gasteiger charge is -2.56. The highest BCUT2D eigenvalue weighted by atomic mass is 16.7. The van der Waals surface area contributed by atoms with Gasteiger partial charge in [-0.25, -0.2) is 0 Å². The molecule has 2 N–H and O–H groups in total. The minimum Gasteiger partial charge on any atom is -0.328 e. The van der Waals surface area contributed by atoms with Crippen LogP contribution in [-0.2, 0) is 10.0 Å². The number of piperidine rings is 2. The Morgan fingerprint density at radius 2 is 1.17 bits per heavy atom. The van der Waals surface area contributed by atoms with E-state index in [1.165, 1.54) is 5.06 Å². The van der Waals surface area contributed by atoms with Crippen LogP contribution in [0.1, 0.15) is 81.1 Å². The van der Waals surface area contributed by atoms with Crippen molar-refractivity contribution < 1.29 is 10.0 Å². The molecule has 0 aliphatic carbocycles. The van der Waals surface area contributed by atoms with E-state index in [2.05, 4.69) is 32.8 Å². The molecule has 2 rings (SSSR count). The van der Waals surface area contributed by atoms with Crippen molar-refractivity contribution in [1.29, 1.82) is 0 Å². The van der Waals surface area contributed by atoms with Crippen LogP contribution >= 0.6 is 0 Å². The highest BCUT2D eigenvalue weighted by molar-refractivity contribution is 5.00. The number of nitrogens with two attached hydrogens (primary N) is 1. The first-order chi connectivity index (χ1) is 10.2. The average molecular weight is 327 g/mol. The second-order valence-electron chi connectivity index (χ2n) is 10.1. The first-order valence-electron chi connectivity index (χ1n) is 8.88. The molecule has 2 aliphatic heterocycles. The summed E-state index contributed by atoms with van der Waals surface area (Å²) in [6.45, 7) is 16.9. The summed E-state index contributed by atoms with van der Waals surface area (Å²) in [5.41, 5.74) is 5.22. The van der Waals surface area contributed by atoms with E-state index in [4.69, 9.17) is 10.6 Å². The number of hydrogen-bond donors (Lipinski definition) is 1. The normalized spacial score (nSPS) is 32.1. The zero-order chi connectivity index (χ0) is 17.8. The molecule has 0 bridgehead atoms. The molecular weight excluding hydrogens is 290 g/mol. The number of hydrogen-bond acceptors (Lipinski definition) is 4. The monoisotopic (exact) mass is 326 g/mol. The summed E-state index contributed by atoms with van der Waals surface area (Å²) in [5.74, 6) is 0. The molecule has 2 saturated heterocycles. The van der Waals surface area contributed by atoms with Crippen LogP contribution in [0.5, 0.6) is 0 Å². The Labute approximate surface area is 142 Å². The Balaban J connectivity index is 2.20. The average Bonchev–Trinajstić information content (AvgIpc) is 2.28. The Kier molecular flexibility index (Phi) is 4.71. The maximum absolute atomic E-state index is 12.5. The quantitative estimate of drug-likeness (QED) is 0.846. The van der Waals surface area contributed by atoms with Gasteiger partial charge in [-0.3, -0.25) is 4.84 Å². The topological polar surface area (TPSA) is 61.6 Å². The number of nitrogens with zero attached hydrogens (tertiary/aromatic N) is 2. The molecule has 1 radical (unpaired) electrons. The molecule has 5 nitrogen and oxygen atoms in total. The van der Waals surface area contributed by atoms with Gasteiger partial charge in [0.2, 0.25) is 0 Å². The van der Waals surface area contributed by atoms with E-state index in [0.717, 1.165) is 25.7 Å². The number of hydroxylamine groups is 4. The van der Waals surface area contributed by atoms with Crippen molar-refractivity contribution in [3.05, 3.63) is 0 Å². The molecule has 23 heavy (non-hydrogen) atoms. The van der Waals surface area contributed by atoms with E-state index < -0.39 is 11.1 Å². The molecule has 2 aliphatic rings. The molecule has 0 atom stereocenters. The van der Waals surface area contributed by atoms with E-state index in [9.17, 15) is 5.21 Å². The van der Waals surface area contributed by atoms with Crippen LogP contribution in [0.15, 0.2) is 0 Å². The fourth-order valence-electron chi connectivity index (χ4n) is 5.02. The zero-order valence-corrected chi connectivity index (χ0v) is 16.3. The van der Waals surface area contributed by atoms with E-state index in [0.29, 0.717) is 0 Å². The first kappa shape index (κ1) is 19.1. The summed E-state index contributed by atoms with van der Waals surface area (Å²) in [4.78, 5) is 6.54. The van der Waals surface area contributed by atoms with Crippen LogP contribution in [0.3, 0.4) is 0 Å². The van der Waals surface area contributed by atoms with Gasteiger partial charge in [-0.05, 0) is 81.1 Å². The van der Waals surface area contributed by atoms with E-state index in [-0.39, 0.29) is 23.2 Å². The predicted octanol–water partition coefficient (Wildman–Crippen LogP) is 3.27. The van der Waals surface area contributed by atoms with Crippen LogP contribution in [0.2, 0.25) is 0 Å². The van der Waals surface area contributed by atoms with Gasteiger partial charge in [0.1, 0.15) is 0 Å². The second-order valence-corrected chi connectivity index (χ2v) is 10.1. The first-order valence-corrected chi connectivity index (χ1v) is 8.88. The smallest absolute Gasteiger partial charge is 0.0830 e. The lowest BCUT2D eigenvalue weighted by atomic mass is 9.78. The molecule has 0 amide bonds. The highest BCUT2D eigenvalue weighted by Crippen LogP contribution is 2.43. The van der Waals surface area contributed by atoms with Crippen molar-refractivity contribution in [2.24, 2.45) is 5.73 Å². The third-order valence-electron chi connectivity index (χ3n) is 5.43. The second kappa shape index (κ2) is 5.67. The molecule has 0 saturated carbocycles. The summed E-state index contributed by atoms with van der Waals surface area (Å²) < 4.78 is 0. The summed E-state index contributed by atoms with van der Waals surface area (Å²) in [6, 6.07) is 0.205. The van der Waals surface area contributed by atoms with Gasteiger partial charge in [0.05, 0.1) is 6.10 Å². The standard InChI is InChI=1S/C18H36N3O2/c1-15(2)11-14(12-16(3,4)20(15)22)23-21-17(5,6)9-13(19)10-18(21,7)8/h13-14H,9-12,19H2,1-8H3. The largest absolute Gasteiger partial charge is 0.328 e. The lowest BCUT2D eigenvalue weighted by Crippen LogP contribution is -2.66. The van der Waals surface area contributed by atoms with Gasteiger partial charge in [-0.1, -0.05) is 0 Å². The fraction of sp³-hybridized carbons (Fsp3) is 1.00. The van der Waals surface area contributed by atoms with Gasteiger partial charge in [-0.15, -0.1) is 10.3 Å². The summed E-state index contributed by atoms with van der Waals surface area (Å²) in [6.07, 6.45) is 3.38. The summed E-state index contributed by atoms with van der Waals surface area (Å²) in [7, 11) is 0. The van der Waals surface area contributed by atoms with Gasteiger partial charge < -0.3 is 5.73 Å². The molecule has 135 valence electrons. The molecule has 2 fully saturated rings. The molecule has 0 aromatic heterocycles.